The fourth-order valence-corrected chi connectivity index (χ4v) is 3.26. The van der Waals surface area contributed by atoms with E-state index in [9.17, 15) is 0 Å². The minimum atomic E-state index is 0.0645. The predicted molar refractivity (Wildman–Crippen MR) is 108 cm³/mol. The number of nitrogens with one attached hydrogen (secondary N) is 1. The summed E-state index contributed by atoms with van der Waals surface area (Å²) in [5.41, 5.74) is 4.08. The SMILES string of the molecule is Cc1cccc(Cl)c1Nc1nc2ccc(N(C)CCO)nc2n2cncc12. The summed E-state index contributed by atoms with van der Waals surface area (Å²) in [5, 5.41) is 13.1. The van der Waals surface area contributed by atoms with Crippen LogP contribution in [0.3, 0.4) is 0 Å². The number of para-hydroxylation sites is 1. The Balaban J connectivity index is 1.85. The zero-order valence-electron chi connectivity index (χ0n) is 15.0. The molecule has 8 heteroatoms. The average Bonchev–Trinajstić information content (AvgIpc) is 3.15. The van der Waals surface area contributed by atoms with Crippen molar-refractivity contribution in [3.8, 4) is 0 Å². The van der Waals surface area contributed by atoms with Gasteiger partial charge in [-0.25, -0.2) is 15.0 Å². The zero-order valence-corrected chi connectivity index (χ0v) is 15.8. The number of halogens is 1. The van der Waals surface area contributed by atoms with E-state index in [0.29, 0.717) is 23.0 Å². The van der Waals surface area contributed by atoms with Crippen molar-refractivity contribution in [3.63, 3.8) is 0 Å². The van der Waals surface area contributed by atoms with E-state index in [-0.39, 0.29) is 6.61 Å². The second kappa shape index (κ2) is 7.02. The molecular weight excluding hydrogens is 364 g/mol. The fraction of sp³-hybridized carbons (Fsp3) is 0.211. The molecule has 0 aliphatic heterocycles. The van der Waals surface area contributed by atoms with Gasteiger partial charge in [-0.3, -0.25) is 4.40 Å². The Morgan fingerprint density at radius 2 is 2.07 bits per heavy atom. The molecule has 2 N–H and O–H groups in total. The largest absolute Gasteiger partial charge is 0.395 e. The van der Waals surface area contributed by atoms with Crippen molar-refractivity contribution < 1.29 is 5.11 Å². The van der Waals surface area contributed by atoms with Crippen LogP contribution in [0, 0.1) is 6.92 Å². The quantitative estimate of drug-likeness (QED) is 0.550. The molecule has 4 aromatic rings. The maximum absolute atomic E-state index is 9.16. The summed E-state index contributed by atoms with van der Waals surface area (Å²) in [6.07, 6.45) is 3.46. The van der Waals surface area contributed by atoms with Crippen molar-refractivity contribution in [1.29, 1.82) is 0 Å². The van der Waals surface area contributed by atoms with Crippen LogP contribution in [0.25, 0.3) is 16.7 Å². The lowest BCUT2D eigenvalue weighted by molar-refractivity contribution is 0.304. The lowest BCUT2D eigenvalue weighted by Crippen LogP contribution is -2.22. The lowest BCUT2D eigenvalue weighted by atomic mass is 10.2. The first-order valence-electron chi connectivity index (χ1n) is 8.55. The first kappa shape index (κ1) is 17.5. The normalized spacial score (nSPS) is 11.3. The minimum absolute atomic E-state index is 0.0645. The van der Waals surface area contributed by atoms with E-state index in [2.05, 4.69) is 10.3 Å². The molecular formula is C19H19ClN6O. The van der Waals surface area contributed by atoms with Gasteiger partial charge in [-0.05, 0) is 30.7 Å². The Bertz CT molecular complexity index is 1110. The van der Waals surface area contributed by atoms with Gasteiger partial charge in [0.15, 0.2) is 11.5 Å². The average molecular weight is 383 g/mol. The monoisotopic (exact) mass is 382 g/mol. The highest BCUT2D eigenvalue weighted by Crippen LogP contribution is 2.31. The highest BCUT2D eigenvalue weighted by molar-refractivity contribution is 6.33. The molecule has 7 nitrogen and oxygen atoms in total. The summed E-state index contributed by atoms with van der Waals surface area (Å²) in [4.78, 5) is 15.6. The smallest absolute Gasteiger partial charge is 0.166 e. The molecule has 0 saturated heterocycles. The van der Waals surface area contributed by atoms with Crippen LogP contribution < -0.4 is 10.2 Å². The summed E-state index contributed by atoms with van der Waals surface area (Å²) < 4.78 is 1.90. The second-order valence-corrected chi connectivity index (χ2v) is 6.73. The third kappa shape index (κ3) is 3.15. The summed E-state index contributed by atoms with van der Waals surface area (Å²) in [7, 11) is 1.89. The molecule has 3 aromatic heterocycles. The molecule has 0 fully saturated rings. The van der Waals surface area contributed by atoms with Gasteiger partial charge in [0.1, 0.15) is 23.2 Å². The number of benzene rings is 1. The highest BCUT2D eigenvalue weighted by Gasteiger charge is 2.14. The molecule has 0 aliphatic carbocycles. The highest BCUT2D eigenvalue weighted by atomic mass is 35.5. The Morgan fingerprint density at radius 3 is 2.85 bits per heavy atom. The topological polar surface area (TPSA) is 78.6 Å². The van der Waals surface area contributed by atoms with Crippen LogP contribution in [-0.4, -0.2) is 44.7 Å². The van der Waals surface area contributed by atoms with E-state index in [1.165, 1.54) is 0 Å². The van der Waals surface area contributed by atoms with Gasteiger partial charge >= 0.3 is 0 Å². The van der Waals surface area contributed by atoms with Crippen molar-refractivity contribution in [3.05, 3.63) is 53.4 Å². The van der Waals surface area contributed by atoms with Gasteiger partial charge in [0.05, 0.1) is 23.5 Å². The van der Waals surface area contributed by atoms with Gasteiger partial charge in [0.25, 0.3) is 0 Å². The third-order valence-electron chi connectivity index (χ3n) is 4.47. The summed E-state index contributed by atoms with van der Waals surface area (Å²) >= 11 is 6.36. The van der Waals surface area contributed by atoms with E-state index < -0.39 is 0 Å². The van der Waals surface area contributed by atoms with Gasteiger partial charge in [0, 0.05) is 13.6 Å². The number of aliphatic hydroxyl groups is 1. The molecule has 1 aromatic carbocycles. The molecule has 0 saturated carbocycles. The number of rotatable bonds is 5. The Hall–Kier alpha value is -2.90. The number of nitrogens with zero attached hydrogens (tertiary/aromatic N) is 5. The number of likely N-dealkylation sites (N-methyl/N-ethyl adjacent to an activating group) is 1. The number of pyridine rings is 1. The molecule has 27 heavy (non-hydrogen) atoms. The molecule has 0 bridgehead atoms. The van der Waals surface area contributed by atoms with E-state index in [1.54, 1.807) is 12.5 Å². The van der Waals surface area contributed by atoms with Gasteiger partial charge in [-0.15, -0.1) is 0 Å². The number of hydrogen-bond donors (Lipinski definition) is 2. The standard InChI is InChI=1S/C19H19ClN6O/c1-12-4-3-5-13(20)17(12)24-18-15-10-21-11-26(15)19-14(22-18)6-7-16(23-19)25(2)8-9-27/h3-7,10-11,27H,8-9H2,1-2H3,(H,22,24). The molecule has 0 aliphatic rings. The number of aromatic nitrogens is 4. The van der Waals surface area contributed by atoms with E-state index in [1.807, 2.05) is 53.6 Å². The molecule has 0 radical (unpaired) electrons. The van der Waals surface area contributed by atoms with Gasteiger partial charge in [-0.2, -0.15) is 0 Å². The fourth-order valence-electron chi connectivity index (χ4n) is 2.99. The van der Waals surface area contributed by atoms with Crippen LogP contribution >= 0.6 is 11.6 Å². The van der Waals surface area contributed by atoms with Crippen LogP contribution in [0.5, 0.6) is 0 Å². The van der Waals surface area contributed by atoms with Crippen molar-refractivity contribution >= 4 is 45.6 Å². The van der Waals surface area contributed by atoms with Gasteiger partial charge < -0.3 is 15.3 Å². The molecule has 0 unspecified atom stereocenters. The maximum Gasteiger partial charge on any atom is 0.166 e. The molecule has 4 rings (SSSR count). The second-order valence-electron chi connectivity index (χ2n) is 6.32. The molecule has 138 valence electrons. The maximum atomic E-state index is 9.16. The van der Waals surface area contributed by atoms with Crippen molar-refractivity contribution in [2.75, 3.05) is 30.4 Å². The number of anilines is 3. The number of hydrogen-bond acceptors (Lipinski definition) is 6. The van der Waals surface area contributed by atoms with Crippen molar-refractivity contribution in [2.24, 2.45) is 0 Å². The number of aliphatic hydroxyl groups excluding tert-OH is 1. The van der Waals surface area contributed by atoms with Gasteiger partial charge in [-0.1, -0.05) is 23.7 Å². The number of imidazole rings is 1. The predicted octanol–water partition coefficient (Wildman–Crippen LogP) is 3.41. The third-order valence-corrected chi connectivity index (χ3v) is 4.79. The minimum Gasteiger partial charge on any atom is -0.395 e. The van der Waals surface area contributed by atoms with E-state index in [0.717, 1.165) is 28.1 Å². The van der Waals surface area contributed by atoms with Crippen LogP contribution in [0.1, 0.15) is 5.56 Å². The molecule has 0 spiro atoms. The summed E-state index contributed by atoms with van der Waals surface area (Å²) in [5.74, 6) is 1.42. The lowest BCUT2D eigenvalue weighted by Gasteiger charge is -2.18. The number of fused-ring (bicyclic) bond motifs is 3. The first-order chi connectivity index (χ1) is 13.1. The molecule has 3 heterocycles. The van der Waals surface area contributed by atoms with Crippen molar-refractivity contribution in [2.45, 2.75) is 6.92 Å². The Morgan fingerprint density at radius 1 is 1.22 bits per heavy atom. The zero-order chi connectivity index (χ0) is 19.0. The van der Waals surface area contributed by atoms with E-state index in [4.69, 9.17) is 26.7 Å². The van der Waals surface area contributed by atoms with Crippen LogP contribution in [0.2, 0.25) is 5.02 Å². The Kier molecular flexibility index (Phi) is 4.55. The number of aryl methyl sites for hydroxylation is 1. The molecule has 0 atom stereocenters. The summed E-state index contributed by atoms with van der Waals surface area (Å²) in [6, 6.07) is 9.55. The van der Waals surface area contributed by atoms with Crippen LogP contribution in [-0.2, 0) is 0 Å². The summed E-state index contributed by atoms with van der Waals surface area (Å²) in [6.45, 7) is 2.56. The molecule has 0 amide bonds. The first-order valence-corrected chi connectivity index (χ1v) is 8.93. The Labute approximate surface area is 161 Å². The van der Waals surface area contributed by atoms with Crippen LogP contribution in [0.15, 0.2) is 42.9 Å². The van der Waals surface area contributed by atoms with E-state index >= 15 is 0 Å². The van der Waals surface area contributed by atoms with Crippen LogP contribution in [0.4, 0.5) is 17.3 Å². The van der Waals surface area contributed by atoms with Gasteiger partial charge in [0.2, 0.25) is 0 Å². The van der Waals surface area contributed by atoms with Crippen molar-refractivity contribution in [1.82, 2.24) is 19.4 Å².